The van der Waals surface area contributed by atoms with Gasteiger partial charge in [0.2, 0.25) is 5.91 Å². The van der Waals surface area contributed by atoms with Crippen molar-refractivity contribution in [2.24, 2.45) is 5.92 Å². The molecule has 2 N–H and O–H groups in total. The average Bonchev–Trinajstić information content (AvgIpc) is 2.45. The summed E-state index contributed by atoms with van der Waals surface area (Å²) in [5.41, 5.74) is 1.62. The zero-order valence-corrected chi connectivity index (χ0v) is 12.6. The second-order valence-electron chi connectivity index (χ2n) is 5.09. The van der Waals surface area contributed by atoms with Gasteiger partial charge in [-0.25, -0.2) is 0 Å². The number of nitrogens with one attached hydrogen (secondary N) is 1. The molecule has 0 saturated carbocycles. The Morgan fingerprint density at radius 3 is 2.52 bits per heavy atom. The fourth-order valence-electron chi connectivity index (χ4n) is 1.77. The maximum Gasteiger partial charge on any atom is 0.306 e. The molecule has 21 heavy (non-hydrogen) atoms. The topological polar surface area (TPSA) is 75.6 Å². The lowest BCUT2D eigenvalue weighted by Gasteiger charge is -2.09. The van der Waals surface area contributed by atoms with Crippen molar-refractivity contribution >= 4 is 17.6 Å². The van der Waals surface area contributed by atoms with E-state index in [0.29, 0.717) is 18.7 Å². The highest BCUT2D eigenvalue weighted by Crippen LogP contribution is 2.13. The van der Waals surface area contributed by atoms with Gasteiger partial charge in [-0.2, -0.15) is 0 Å². The lowest BCUT2D eigenvalue weighted by molar-refractivity contribution is -0.141. The third-order valence-corrected chi connectivity index (χ3v) is 3.08. The predicted molar refractivity (Wildman–Crippen MR) is 81.3 cm³/mol. The Morgan fingerprint density at radius 1 is 1.29 bits per heavy atom. The molecule has 0 saturated heterocycles. The Kier molecular flexibility index (Phi) is 7.46. The van der Waals surface area contributed by atoms with Gasteiger partial charge in [-0.1, -0.05) is 32.4 Å². The molecular weight excluding hydrogens is 270 g/mol. The zero-order chi connectivity index (χ0) is 15.7. The summed E-state index contributed by atoms with van der Waals surface area (Å²) < 4.78 is 5.23. The van der Waals surface area contributed by atoms with Crippen LogP contribution in [0.2, 0.25) is 0 Å². The van der Waals surface area contributed by atoms with E-state index in [9.17, 15) is 9.59 Å². The van der Waals surface area contributed by atoms with E-state index < -0.39 is 11.9 Å². The molecule has 0 aliphatic heterocycles. The lowest BCUT2D eigenvalue weighted by Crippen LogP contribution is -2.18. The highest BCUT2D eigenvalue weighted by Gasteiger charge is 2.11. The Morgan fingerprint density at radius 2 is 1.95 bits per heavy atom. The van der Waals surface area contributed by atoms with E-state index >= 15 is 0 Å². The Labute approximate surface area is 125 Å². The zero-order valence-electron chi connectivity index (χ0n) is 12.6. The van der Waals surface area contributed by atoms with Crippen molar-refractivity contribution in [3.8, 4) is 0 Å². The summed E-state index contributed by atoms with van der Waals surface area (Å²) in [5.74, 6) is -1.41. The van der Waals surface area contributed by atoms with Crippen molar-refractivity contribution in [3.63, 3.8) is 0 Å². The number of hydrogen-bond donors (Lipinski definition) is 2. The van der Waals surface area contributed by atoms with Gasteiger partial charge in [0.1, 0.15) is 6.61 Å². The summed E-state index contributed by atoms with van der Waals surface area (Å²) in [4.78, 5) is 22.4. The number of carboxylic acids is 1. The molecule has 1 amide bonds. The summed E-state index contributed by atoms with van der Waals surface area (Å²) in [7, 11) is 0. The normalized spacial score (nSPS) is 11.9. The van der Waals surface area contributed by atoms with E-state index in [1.165, 1.54) is 0 Å². The van der Waals surface area contributed by atoms with Gasteiger partial charge in [0.25, 0.3) is 0 Å². The molecule has 1 unspecified atom stereocenters. The molecule has 1 atom stereocenters. The molecular formula is C16H23NO4. The first-order valence-corrected chi connectivity index (χ1v) is 7.22. The number of unbranched alkanes of at least 4 members (excludes halogenated alkanes) is 1. The number of anilines is 1. The van der Waals surface area contributed by atoms with E-state index in [0.717, 1.165) is 18.4 Å². The van der Waals surface area contributed by atoms with E-state index in [-0.39, 0.29) is 12.5 Å². The van der Waals surface area contributed by atoms with Crippen molar-refractivity contribution < 1.29 is 19.4 Å². The number of benzene rings is 1. The van der Waals surface area contributed by atoms with Crippen molar-refractivity contribution in [3.05, 3.63) is 29.8 Å². The minimum atomic E-state index is -0.809. The van der Waals surface area contributed by atoms with Crippen LogP contribution in [0.3, 0.4) is 0 Å². The molecule has 116 valence electrons. The molecule has 5 heteroatoms. The highest BCUT2D eigenvalue weighted by molar-refractivity contribution is 5.91. The minimum Gasteiger partial charge on any atom is -0.481 e. The maximum atomic E-state index is 11.6. The van der Waals surface area contributed by atoms with Crippen LogP contribution < -0.4 is 5.32 Å². The van der Waals surface area contributed by atoms with Crippen molar-refractivity contribution in [1.82, 2.24) is 0 Å². The first-order chi connectivity index (χ1) is 10.0. The molecule has 1 aromatic rings. The van der Waals surface area contributed by atoms with Crippen molar-refractivity contribution in [2.45, 2.75) is 33.1 Å². The van der Waals surface area contributed by atoms with E-state index in [2.05, 4.69) is 12.2 Å². The fraction of sp³-hybridized carbons (Fsp3) is 0.500. The molecule has 0 aromatic heterocycles. The summed E-state index contributed by atoms with van der Waals surface area (Å²) >= 11 is 0. The largest absolute Gasteiger partial charge is 0.481 e. The molecule has 0 spiro atoms. The van der Waals surface area contributed by atoms with Crippen LogP contribution in [0, 0.1) is 5.92 Å². The molecule has 0 aliphatic carbocycles. The number of carbonyl (C=O) groups is 2. The first kappa shape index (κ1) is 17.2. The minimum absolute atomic E-state index is 0.0534. The molecule has 0 heterocycles. The van der Waals surface area contributed by atoms with Crippen LogP contribution in [0.5, 0.6) is 0 Å². The molecule has 0 bridgehead atoms. The van der Waals surface area contributed by atoms with Crippen molar-refractivity contribution in [2.75, 3.05) is 18.5 Å². The van der Waals surface area contributed by atoms with Crippen LogP contribution in [0.1, 0.15) is 32.3 Å². The van der Waals surface area contributed by atoms with Crippen molar-refractivity contribution in [1.29, 1.82) is 0 Å². The van der Waals surface area contributed by atoms with Gasteiger partial charge >= 0.3 is 5.97 Å². The molecule has 1 rings (SSSR count). The number of aliphatic carboxylic acids is 1. The highest BCUT2D eigenvalue weighted by atomic mass is 16.5. The fourth-order valence-corrected chi connectivity index (χ4v) is 1.77. The quantitative estimate of drug-likeness (QED) is 0.686. The summed E-state index contributed by atoms with van der Waals surface area (Å²) in [6.07, 6.45) is 2.46. The first-order valence-electron chi connectivity index (χ1n) is 7.22. The van der Waals surface area contributed by atoms with E-state index in [4.69, 9.17) is 9.84 Å². The van der Waals surface area contributed by atoms with Gasteiger partial charge in [0.15, 0.2) is 0 Å². The van der Waals surface area contributed by atoms with Crippen LogP contribution in [-0.2, 0) is 20.7 Å². The van der Waals surface area contributed by atoms with Gasteiger partial charge in [0.05, 0.1) is 5.92 Å². The number of amides is 1. The summed E-state index contributed by atoms with van der Waals surface area (Å²) in [6, 6.07) is 7.20. The van der Waals surface area contributed by atoms with Gasteiger partial charge < -0.3 is 15.2 Å². The second-order valence-corrected chi connectivity index (χ2v) is 5.09. The smallest absolute Gasteiger partial charge is 0.306 e. The summed E-state index contributed by atoms with van der Waals surface area (Å²) in [5, 5.41) is 11.6. The number of rotatable bonds is 9. The Bertz CT molecular complexity index is 456. The van der Waals surface area contributed by atoms with Crippen LogP contribution in [0.15, 0.2) is 24.3 Å². The second kappa shape index (κ2) is 9.13. The van der Waals surface area contributed by atoms with Crippen LogP contribution in [0.25, 0.3) is 0 Å². The number of carbonyl (C=O) groups excluding carboxylic acids is 1. The third kappa shape index (κ3) is 6.90. The van der Waals surface area contributed by atoms with Gasteiger partial charge in [-0.15, -0.1) is 0 Å². The summed E-state index contributed by atoms with van der Waals surface area (Å²) in [6.45, 7) is 4.38. The molecule has 0 radical (unpaired) electrons. The maximum absolute atomic E-state index is 11.6. The number of ether oxygens (including phenoxy) is 1. The van der Waals surface area contributed by atoms with Gasteiger partial charge in [-0.3, -0.25) is 9.59 Å². The third-order valence-electron chi connectivity index (χ3n) is 3.08. The van der Waals surface area contributed by atoms with E-state index in [1.807, 2.05) is 12.1 Å². The molecule has 0 fully saturated rings. The molecule has 0 aliphatic rings. The van der Waals surface area contributed by atoms with Crippen LogP contribution in [-0.4, -0.2) is 30.2 Å². The lowest BCUT2D eigenvalue weighted by atomic mass is 10.0. The standard InChI is InChI=1S/C16H23NO4/c1-3-4-9-21-11-15(18)17-14-7-5-13(6-8-14)10-12(2)16(19)20/h5-8,12H,3-4,9-11H2,1-2H3,(H,17,18)(H,19,20). The van der Waals surface area contributed by atoms with Gasteiger partial charge in [0, 0.05) is 12.3 Å². The Balaban J connectivity index is 2.40. The average molecular weight is 293 g/mol. The SMILES string of the molecule is CCCCOCC(=O)Nc1ccc(CC(C)C(=O)O)cc1. The monoisotopic (exact) mass is 293 g/mol. The van der Waals surface area contributed by atoms with E-state index in [1.54, 1.807) is 19.1 Å². The molecule has 1 aromatic carbocycles. The number of carboxylic acid groups (broad SMARTS) is 1. The van der Waals surface area contributed by atoms with Crippen LogP contribution in [0.4, 0.5) is 5.69 Å². The number of hydrogen-bond acceptors (Lipinski definition) is 3. The molecule has 5 nitrogen and oxygen atoms in total. The predicted octanol–water partition coefficient (Wildman–Crippen LogP) is 2.71. The Hall–Kier alpha value is -1.88. The van der Waals surface area contributed by atoms with Crippen LogP contribution >= 0.6 is 0 Å². The van der Waals surface area contributed by atoms with Gasteiger partial charge in [-0.05, 0) is 30.5 Å².